The third-order valence-corrected chi connectivity index (χ3v) is 3.34. The number of nitrogens with one attached hydrogen (secondary N) is 1. The SMILES string of the molecule is CC(O)CC(C)CNC(=O)c1cccc(Oc2ccncc2)c1. The number of aliphatic hydroxyl groups is 1. The number of amides is 1. The summed E-state index contributed by atoms with van der Waals surface area (Å²) in [5.41, 5.74) is 0.542. The summed E-state index contributed by atoms with van der Waals surface area (Å²) in [6.45, 7) is 4.27. The summed E-state index contributed by atoms with van der Waals surface area (Å²) in [7, 11) is 0. The van der Waals surface area contributed by atoms with Crippen molar-refractivity contribution in [1.82, 2.24) is 10.3 Å². The molecule has 2 N–H and O–H groups in total. The van der Waals surface area contributed by atoms with Crippen molar-refractivity contribution in [3.05, 3.63) is 54.4 Å². The average molecular weight is 314 g/mol. The van der Waals surface area contributed by atoms with Crippen molar-refractivity contribution < 1.29 is 14.6 Å². The highest BCUT2D eigenvalue weighted by Gasteiger charge is 2.10. The van der Waals surface area contributed by atoms with Crippen molar-refractivity contribution in [1.29, 1.82) is 0 Å². The minimum Gasteiger partial charge on any atom is -0.457 e. The van der Waals surface area contributed by atoms with E-state index in [2.05, 4.69) is 10.3 Å². The molecule has 0 aliphatic carbocycles. The van der Waals surface area contributed by atoms with Gasteiger partial charge in [0.1, 0.15) is 11.5 Å². The normalized spacial score (nSPS) is 13.2. The number of carbonyl (C=O) groups excluding carboxylic acids is 1. The van der Waals surface area contributed by atoms with Gasteiger partial charge in [0.15, 0.2) is 0 Å². The molecule has 0 spiro atoms. The number of carbonyl (C=O) groups is 1. The Morgan fingerprint density at radius 3 is 2.65 bits per heavy atom. The van der Waals surface area contributed by atoms with E-state index in [1.807, 2.05) is 6.92 Å². The van der Waals surface area contributed by atoms with Crippen molar-refractivity contribution in [2.75, 3.05) is 6.54 Å². The molecular weight excluding hydrogens is 292 g/mol. The van der Waals surface area contributed by atoms with Gasteiger partial charge in [-0.25, -0.2) is 0 Å². The summed E-state index contributed by atoms with van der Waals surface area (Å²) in [6.07, 6.45) is 3.59. The number of aliphatic hydroxyl groups excluding tert-OH is 1. The molecule has 1 heterocycles. The minimum atomic E-state index is -0.362. The zero-order chi connectivity index (χ0) is 16.7. The lowest BCUT2D eigenvalue weighted by molar-refractivity contribution is 0.0939. The molecule has 1 amide bonds. The van der Waals surface area contributed by atoms with E-state index in [0.717, 1.165) is 0 Å². The van der Waals surface area contributed by atoms with Crippen LogP contribution in [0, 0.1) is 5.92 Å². The van der Waals surface area contributed by atoms with Crippen LogP contribution in [0.15, 0.2) is 48.8 Å². The summed E-state index contributed by atoms with van der Waals surface area (Å²) in [6, 6.07) is 10.5. The van der Waals surface area contributed by atoms with Gasteiger partial charge < -0.3 is 15.2 Å². The molecule has 23 heavy (non-hydrogen) atoms. The predicted octanol–water partition coefficient (Wildman–Crippen LogP) is 3.01. The maximum absolute atomic E-state index is 12.2. The molecule has 0 aliphatic heterocycles. The van der Waals surface area contributed by atoms with Crippen LogP contribution in [0.1, 0.15) is 30.6 Å². The molecule has 1 aromatic carbocycles. The molecule has 2 unspecified atom stereocenters. The van der Waals surface area contributed by atoms with Crippen molar-refractivity contribution in [2.45, 2.75) is 26.4 Å². The van der Waals surface area contributed by atoms with E-state index in [1.54, 1.807) is 55.7 Å². The number of ether oxygens (including phenoxy) is 1. The lowest BCUT2D eigenvalue weighted by Gasteiger charge is -2.14. The fourth-order valence-electron chi connectivity index (χ4n) is 2.28. The summed E-state index contributed by atoms with van der Waals surface area (Å²) in [4.78, 5) is 16.1. The molecular formula is C18H22N2O3. The van der Waals surface area contributed by atoms with Crippen molar-refractivity contribution in [3.63, 3.8) is 0 Å². The minimum absolute atomic E-state index is 0.150. The first-order valence-corrected chi connectivity index (χ1v) is 7.69. The van der Waals surface area contributed by atoms with E-state index >= 15 is 0 Å². The van der Waals surface area contributed by atoms with Gasteiger partial charge in [-0.1, -0.05) is 13.0 Å². The van der Waals surface area contributed by atoms with Crippen molar-refractivity contribution in [2.24, 2.45) is 5.92 Å². The smallest absolute Gasteiger partial charge is 0.251 e. The number of hydrogen-bond donors (Lipinski definition) is 2. The van der Waals surface area contributed by atoms with Crippen LogP contribution in [-0.4, -0.2) is 28.6 Å². The lowest BCUT2D eigenvalue weighted by atomic mass is 10.0. The molecule has 2 atom stereocenters. The van der Waals surface area contributed by atoms with Crippen LogP contribution >= 0.6 is 0 Å². The summed E-state index contributed by atoms with van der Waals surface area (Å²) >= 11 is 0. The third kappa shape index (κ3) is 5.71. The topological polar surface area (TPSA) is 71.5 Å². The zero-order valence-electron chi connectivity index (χ0n) is 13.4. The second kappa shape index (κ2) is 8.29. The van der Waals surface area contributed by atoms with Gasteiger partial charge in [0.2, 0.25) is 0 Å². The molecule has 0 saturated carbocycles. The summed E-state index contributed by atoms with van der Waals surface area (Å²) in [5.74, 6) is 1.34. The molecule has 2 aromatic rings. The highest BCUT2D eigenvalue weighted by molar-refractivity contribution is 5.94. The molecule has 0 bridgehead atoms. The summed E-state index contributed by atoms with van der Waals surface area (Å²) in [5, 5.41) is 12.2. The highest BCUT2D eigenvalue weighted by Crippen LogP contribution is 2.21. The molecule has 122 valence electrons. The Bertz CT molecular complexity index is 629. The van der Waals surface area contributed by atoms with E-state index in [9.17, 15) is 9.90 Å². The second-order valence-electron chi connectivity index (χ2n) is 5.71. The van der Waals surface area contributed by atoms with Gasteiger partial charge in [-0.15, -0.1) is 0 Å². The van der Waals surface area contributed by atoms with Crippen LogP contribution < -0.4 is 10.1 Å². The maximum atomic E-state index is 12.2. The fourth-order valence-corrected chi connectivity index (χ4v) is 2.28. The van der Waals surface area contributed by atoms with E-state index in [0.29, 0.717) is 30.0 Å². The molecule has 0 saturated heterocycles. The number of hydrogen-bond acceptors (Lipinski definition) is 4. The average Bonchev–Trinajstić information content (AvgIpc) is 2.53. The Labute approximate surface area is 136 Å². The first-order chi connectivity index (χ1) is 11.0. The third-order valence-electron chi connectivity index (χ3n) is 3.34. The molecule has 0 aliphatic rings. The lowest BCUT2D eigenvalue weighted by Crippen LogP contribution is -2.29. The fraction of sp³-hybridized carbons (Fsp3) is 0.333. The van der Waals surface area contributed by atoms with Gasteiger partial charge in [-0.05, 0) is 49.6 Å². The molecule has 2 rings (SSSR count). The highest BCUT2D eigenvalue weighted by atomic mass is 16.5. The van der Waals surface area contributed by atoms with Gasteiger partial charge in [-0.2, -0.15) is 0 Å². The molecule has 0 fully saturated rings. The Morgan fingerprint density at radius 1 is 1.22 bits per heavy atom. The van der Waals surface area contributed by atoms with Crippen LogP contribution in [0.4, 0.5) is 0 Å². The van der Waals surface area contributed by atoms with Gasteiger partial charge >= 0.3 is 0 Å². The zero-order valence-corrected chi connectivity index (χ0v) is 13.4. The number of nitrogens with zero attached hydrogens (tertiary/aromatic N) is 1. The summed E-state index contributed by atoms with van der Waals surface area (Å²) < 4.78 is 5.69. The molecule has 0 radical (unpaired) electrons. The molecule has 5 heteroatoms. The Morgan fingerprint density at radius 2 is 1.96 bits per heavy atom. The first kappa shape index (κ1) is 17.0. The largest absolute Gasteiger partial charge is 0.457 e. The number of pyridine rings is 1. The van der Waals surface area contributed by atoms with Crippen molar-refractivity contribution >= 4 is 5.91 Å². The Kier molecular flexibility index (Phi) is 6.11. The van der Waals surface area contributed by atoms with Crippen LogP contribution in [0.3, 0.4) is 0 Å². The number of aromatic nitrogens is 1. The maximum Gasteiger partial charge on any atom is 0.251 e. The van der Waals surface area contributed by atoms with Crippen molar-refractivity contribution in [3.8, 4) is 11.5 Å². The van der Waals surface area contributed by atoms with E-state index in [4.69, 9.17) is 4.74 Å². The van der Waals surface area contributed by atoms with Crippen LogP contribution in [0.25, 0.3) is 0 Å². The first-order valence-electron chi connectivity index (χ1n) is 7.69. The van der Waals surface area contributed by atoms with E-state index < -0.39 is 0 Å². The Balaban J connectivity index is 1.95. The van der Waals surface area contributed by atoms with Gasteiger partial charge in [0.25, 0.3) is 5.91 Å². The van der Waals surface area contributed by atoms with E-state index in [1.165, 1.54) is 0 Å². The quantitative estimate of drug-likeness (QED) is 0.824. The second-order valence-corrected chi connectivity index (χ2v) is 5.71. The standard InChI is InChI=1S/C18H22N2O3/c1-13(10-14(2)21)12-20-18(22)15-4-3-5-17(11-15)23-16-6-8-19-9-7-16/h3-9,11,13-14,21H,10,12H2,1-2H3,(H,20,22). The monoisotopic (exact) mass is 314 g/mol. The van der Waals surface area contributed by atoms with Gasteiger partial charge in [0, 0.05) is 24.5 Å². The number of rotatable bonds is 7. The Hall–Kier alpha value is -2.40. The van der Waals surface area contributed by atoms with Crippen LogP contribution in [0.5, 0.6) is 11.5 Å². The van der Waals surface area contributed by atoms with Gasteiger partial charge in [-0.3, -0.25) is 9.78 Å². The van der Waals surface area contributed by atoms with Crippen LogP contribution in [-0.2, 0) is 0 Å². The number of benzene rings is 1. The van der Waals surface area contributed by atoms with E-state index in [-0.39, 0.29) is 17.9 Å². The molecule has 5 nitrogen and oxygen atoms in total. The van der Waals surface area contributed by atoms with Gasteiger partial charge in [0.05, 0.1) is 6.10 Å². The molecule has 1 aromatic heterocycles. The predicted molar refractivity (Wildman–Crippen MR) is 88.5 cm³/mol. The van der Waals surface area contributed by atoms with Crippen LogP contribution in [0.2, 0.25) is 0 Å².